The molecule has 2 nitrogen and oxygen atoms in total. The first kappa shape index (κ1) is 6.01. The highest BCUT2D eigenvalue weighted by Gasteiger charge is 2.09. The van der Waals surface area contributed by atoms with Crippen LogP contribution in [0.5, 0.6) is 5.88 Å². The molecule has 0 radical (unpaired) electrons. The highest BCUT2D eigenvalue weighted by Crippen LogP contribution is 2.06. The van der Waals surface area contributed by atoms with Gasteiger partial charge in [0.1, 0.15) is 0 Å². The van der Waals surface area contributed by atoms with E-state index in [9.17, 15) is 4.48 Å². The lowest BCUT2D eigenvalue weighted by Gasteiger charge is -1.86. The summed E-state index contributed by atoms with van der Waals surface area (Å²) >= 11 is 0. The Balaban J connectivity index is 3.25. The lowest BCUT2D eigenvalue weighted by molar-refractivity contribution is -0.847. The van der Waals surface area contributed by atoms with Crippen molar-refractivity contribution in [3.8, 4) is 5.88 Å². The maximum absolute atomic E-state index is 12.2. The minimum Gasteiger partial charge on any atom is -0.457 e. The van der Waals surface area contributed by atoms with Gasteiger partial charge in [-0.15, -0.1) is 0 Å². The molecule has 0 aromatic carbocycles. The number of hydrogen-bond donors (Lipinski definition) is 1. The van der Waals surface area contributed by atoms with E-state index >= 15 is 0 Å². The van der Waals surface area contributed by atoms with Crippen molar-refractivity contribution in [3.05, 3.63) is 23.9 Å². The zero-order chi connectivity index (χ0) is 6.85. The van der Waals surface area contributed by atoms with E-state index in [4.69, 9.17) is 5.11 Å². The van der Waals surface area contributed by atoms with Gasteiger partial charge in [-0.05, 0) is 13.0 Å². The second-order valence-electron chi connectivity index (χ2n) is 1.83. The lowest BCUT2D eigenvalue weighted by Crippen LogP contribution is -2.21. The fourth-order valence-corrected chi connectivity index (χ4v) is 0.577. The molecule has 9 heavy (non-hydrogen) atoms. The number of aromatic nitrogens is 1. The van der Waals surface area contributed by atoms with Crippen molar-refractivity contribution in [1.29, 1.82) is 0 Å². The van der Waals surface area contributed by atoms with Crippen molar-refractivity contribution in [3.63, 3.8) is 0 Å². The Morgan fingerprint density at radius 2 is 2.33 bits per heavy atom. The summed E-state index contributed by atoms with van der Waals surface area (Å²) in [6.45, 7) is 1.63. The average molecular weight is 128 g/mol. The number of rotatable bonds is 0. The molecular formula is C6H7FNO+. The van der Waals surface area contributed by atoms with Crippen LogP contribution in [-0.4, -0.2) is 5.11 Å². The summed E-state index contributed by atoms with van der Waals surface area (Å²) in [6.07, 6.45) is 1.14. The zero-order valence-electron chi connectivity index (χ0n) is 5.00. The third-order valence-corrected chi connectivity index (χ3v) is 1.12. The van der Waals surface area contributed by atoms with E-state index in [1.54, 1.807) is 13.0 Å². The van der Waals surface area contributed by atoms with E-state index in [-0.39, 0.29) is 10.7 Å². The van der Waals surface area contributed by atoms with Gasteiger partial charge in [-0.25, -0.2) is 0 Å². The number of aryl methyl sites for hydroxylation is 1. The minimum atomic E-state index is -0.336. The Labute approximate surface area is 52.1 Å². The Morgan fingerprint density at radius 3 is 2.78 bits per heavy atom. The van der Waals surface area contributed by atoms with Gasteiger partial charge in [0.25, 0.3) is 0 Å². The van der Waals surface area contributed by atoms with E-state index in [0.717, 1.165) is 6.20 Å². The summed E-state index contributed by atoms with van der Waals surface area (Å²) in [6, 6.07) is 3.15. The number of aromatic hydroxyl groups is 1. The molecule has 0 aliphatic rings. The summed E-state index contributed by atoms with van der Waals surface area (Å²) < 4.78 is 12.2. The number of hydrogen-bond acceptors (Lipinski definition) is 1. The molecule has 0 saturated heterocycles. The fraction of sp³-hybridized carbons (Fsp3) is 0.167. The van der Waals surface area contributed by atoms with Crippen LogP contribution in [0.15, 0.2) is 18.3 Å². The molecule has 0 spiro atoms. The van der Waals surface area contributed by atoms with Gasteiger partial charge in [0.05, 0.1) is 14.8 Å². The maximum atomic E-state index is 12.2. The molecule has 0 bridgehead atoms. The molecule has 48 valence electrons. The van der Waals surface area contributed by atoms with Crippen molar-refractivity contribution in [1.82, 2.24) is 0 Å². The number of nitrogens with zero attached hydrogens (tertiary/aromatic N) is 1. The van der Waals surface area contributed by atoms with E-state index in [1.807, 2.05) is 0 Å². The summed E-state index contributed by atoms with van der Waals surface area (Å²) in [5.74, 6) is -0.336. The van der Waals surface area contributed by atoms with Gasteiger partial charge in [-0.3, -0.25) is 0 Å². The highest BCUT2D eigenvalue weighted by atomic mass is 19.2. The highest BCUT2D eigenvalue weighted by molar-refractivity contribution is 5.16. The molecule has 0 fully saturated rings. The summed E-state index contributed by atoms with van der Waals surface area (Å²) in [5, 5.41) is 8.79. The van der Waals surface area contributed by atoms with Crippen LogP contribution in [0.1, 0.15) is 5.56 Å². The van der Waals surface area contributed by atoms with E-state index < -0.39 is 0 Å². The molecule has 0 amide bonds. The standard InChI is InChI=1S/C6H6FNO/c1-5-3-2-4-8(7)6(5)9/h2-4H,1H3/p+1. The smallest absolute Gasteiger partial charge is 0.413 e. The quantitative estimate of drug-likeness (QED) is 0.547. The van der Waals surface area contributed by atoms with Crippen LogP contribution in [0.2, 0.25) is 0 Å². The van der Waals surface area contributed by atoms with Crippen molar-refractivity contribution >= 4 is 0 Å². The summed E-state index contributed by atoms with van der Waals surface area (Å²) in [7, 11) is 0. The first-order chi connectivity index (χ1) is 4.22. The molecule has 1 aromatic rings. The van der Waals surface area contributed by atoms with Gasteiger partial charge in [0, 0.05) is 6.07 Å². The fourth-order valence-electron chi connectivity index (χ4n) is 0.577. The Morgan fingerprint density at radius 1 is 1.67 bits per heavy atom. The monoisotopic (exact) mass is 128 g/mol. The van der Waals surface area contributed by atoms with E-state index in [0.29, 0.717) is 5.56 Å². The molecule has 1 aromatic heterocycles. The third kappa shape index (κ3) is 0.988. The molecule has 0 atom stereocenters. The Bertz CT molecular complexity index is 204. The molecule has 1 N–H and O–H groups in total. The van der Waals surface area contributed by atoms with Crippen LogP contribution in [0, 0.1) is 6.92 Å². The van der Waals surface area contributed by atoms with Crippen molar-refractivity contribution in [2.45, 2.75) is 6.92 Å². The van der Waals surface area contributed by atoms with Crippen molar-refractivity contribution in [2.75, 3.05) is 0 Å². The van der Waals surface area contributed by atoms with E-state index in [2.05, 4.69) is 0 Å². The predicted octanol–water partition coefficient (Wildman–Crippen LogP) is 0.721. The zero-order valence-corrected chi connectivity index (χ0v) is 5.00. The van der Waals surface area contributed by atoms with Crippen LogP contribution in [0.3, 0.4) is 0 Å². The minimum absolute atomic E-state index is 0.176. The number of pyridine rings is 1. The largest absolute Gasteiger partial charge is 0.457 e. The van der Waals surface area contributed by atoms with Crippen LogP contribution >= 0.6 is 0 Å². The first-order valence-electron chi connectivity index (χ1n) is 2.58. The number of halogens is 1. The van der Waals surface area contributed by atoms with Gasteiger partial charge >= 0.3 is 5.88 Å². The third-order valence-electron chi connectivity index (χ3n) is 1.12. The molecule has 0 aliphatic heterocycles. The molecule has 3 heteroatoms. The molecule has 1 rings (SSSR count). The van der Waals surface area contributed by atoms with Crippen molar-refractivity contribution < 1.29 is 14.4 Å². The second-order valence-corrected chi connectivity index (χ2v) is 1.83. The molecule has 0 saturated carbocycles. The first-order valence-corrected chi connectivity index (χ1v) is 2.58. The van der Waals surface area contributed by atoms with Crippen LogP contribution in [-0.2, 0) is 0 Å². The normalized spacial score (nSPS) is 9.56. The SMILES string of the molecule is Cc1ccc[n+](F)c1O. The van der Waals surface area contributed by atoms with Crippen molar-refractivity contribution in [2.24, 2.45) is 0 Å². The second kappa shape index (κ2) is 2.01. The average Bonchev–Trinajstić information content (AvgIpc) is 1.83. The van der Waals surface area contributed by atoms with Gasteiger partial charge in [0.2, 0.25) is 6.20 Å². The Hall–Kier alpha value is -1.12. The molecule has 0 aliphatic carbocycles. The van der Waals surface area contributed by atoms with E-state index in [1.165, 1.54) is 6.07 Å². The van der Waals surface area contributed by atoms with Gasteiger partial charge in [-0.2, -0.15) is 0 Å². The predicted molar refractivity (Wildman–Crippen MR) is 29.5 cm³/mol. The molecule has 1 heterocycles. The topological polar surface area (TPSA) is 24.1 Å². The maximum Gasteiger partial charge on any atom is 0.413 e. The van der Waals surface area contributed by atoms with Gasteiger partial charge in [-0.1, -0.05) is 0 Å². The van der Waals surface area contributed by atoms with Crippen LogP contribution < -0.4 is 4.79 Å². The summed E-state index contributed by atoms with van der Waals surface area (Å²) in [4.78, 5) is 0.176. The Kier molecular flexibility index (Phi) is 1.34. The molecular weight excluding hydrogens is 121 g/mol. The molecule has 0 unspecified atom stereocenters. The lowest BCUT2D eigenvalue weighted by atomic mass is 10.3. The summed E-state index contributed by atoms with van der Waals surface area (Å²) in [5.41, 5.74) is 0.528. The van der Waals surface area contributed by atoms with Crippen LogP contribution in [0.25, 0.3) is 0 Å². The van der Waals surface area contributed by atoms with Gasteiger partial charge in [0.15, 0.2) is 0 Å². The van der Waals surface area contributed by atoms with Gasteiger partial charge < -0.3 is 5.11 Å². The van der Waals surface area contributed by atoms with Crippen LogP contribution in [0.4, 0.5) is 4.48 Å².